The van der Waals surface area contributed by atoms with Gasteiger partial charge in [-0.2, -0.15) is 0 Å². The lowest BCUT2D eigenvalue weighted by Gasteiger charge is -2.23. The molecular weight excluding hydrogens is 374 g/mol. The fourth-order valence-corrected chi connectivity index (χ4v) is 6.03. The maximum atomic E-state index is 12.4. The van der Waals surface area contributed by atoms with Crippen LogP contribution < -0.4 is 5.32 Å². The summed E-state index contributed by atoms with van der Waals surface area (Å²) >= 11 is 1.15. The van der Waals surface area contributed by atoms with Gasteiger partial charge in [0.2, 0.25) is 11.8 Å². The van der Waals surface area contributed by atoms with Crippen molar-refractivity contribution in [3.8, 4) is 0 Å². The highest BCUT2D eigenvalue weighted by molar-refractivity contribution is 7.91. The summed E-state index contributed by atoms with van der Waals surface area (Å²) in [6.07, 6.45) is 4.66. The highest BCUT2D eigenvalue weighted by Gasteiger charge is 2.38. The Hall–Kier alpha value is -1.45. The van der Waals surface area contributed by atoms with Crippen molar-refractivity contribution in [2.45, 2.75) is 48.9 Å². The van der Waals surface area contributed by atoms with Gasteiger partial charge in [-0.1, -0.05) is 12.8 Å². The maximum Gasteiger partial charge on any atom is 0.252 e. The first kappa shape index (κ1) is 19.3. The number of hydrogen-bond donors (Lipinski definition) is 1. The summed E-state index contributed by atoms with van der Waals surface area (Å²) in [6, 6.07) is 3.57. The molecule has 2 fully saturated rings. The van der Waals surface area contributed by atoms with E-state index >= 15 is 0 Å². The number of nitrogens with one attached hydrogen (secondary N) is 1. The fraction of sp³-hybridized carbons (Fsp3) is 0.647. The number of nitrogens with zero attached hydrogens (tertiary/aromatic N) is 2. The highest BCUT2D eigenvalue weighted by Crippen LogP contribution is 2.29. The third-order valence-corrected chi connectivity index (χ3v) is 8.47. The first-order valence-electron chi connectivity index (χ1n) is 8.87. The van der Waals surface area contributed by atoms with Crippen LogP contribution in [0.5, 0.6) is 0 Å². The van der Waals surface area contributed by atoms with Gasteiger partial charge in [-0.3, -0.25) is 9.59 Å². The summed E-state index contributed by atoms with van der Waals surface area (Å²) in [5.41, 5.74) is 0. The van der Waals surface area contributed by atoms with Gasteiger partial charge < -0.3 is 10.2 Å². The lowest BCUT2D eigenvalue weighted by atomic mass is 10.1. The third-order valence-electron chi connectivity index (χ3n) is 5.10. The minimum absolute atomic E-state index is 0.0764. The Morgan fingerprint density at radius 2 is 2.00 bits per heavy atom. The molecule has 0 spiro atoms. The minimum Gasteiger partial charge on any atom is -0.351 e. The summed E-state index contributed by atoms with van der Waals surface area (Å²) in [5.74, 6) is -0.371. The van der Waals surface area contributed by atoms with Crippen LogP contribution in [0.25, 0.3) is 0 Å². The highest BCUT2D eigenvalue weighted by atomic mass is 32.2. The number of hydrogen-bond acceptors (Lipinski definition) is 5. The average molecular weight is 400 g/mol. The van der Waals surface area contributed by atoms with Crippen LogP contribution in [0.3, 0.4) is 0 Å². The molecular formula is C17H25N3O4S2. The van der Waals surface area contributed by atoms with E-state index in [1.165, 1.54) is 18.4 Å². The van der Waals surface area contributed by atoms with E-state index in [1.54, 1.807) is 12.1 Å². The van der Waals surface area contributed by atoms with Crippen LogP contribution in [0.15, 0.2) is 16.3 Å². The number of rotatable bonds is 6. The summed E-state index contributed by atoms with van der Waals surface area (Å²) in [6.45, 7) is 0.778. The van der Waals surface area contributed by atoms with Gasteiger partial charge in [-0.25, -0.2) is 12.7 Å². The second-order valence-corrected chi connectivity index (χ2v) is 10.7. The molecule has 1 aromatic heterocycles. The van der Waals surface area contributed by atoms with Crippen molar-refractivity contribution in [2.24, 2.45) is 5.92 Å². The summed E-state index contributed by atoms with van der Waals surface area (Å²) in [4.78, 5) is 27.3. The van der Waals surface area contributed by atoms with E-state index in [1.807, 2.05) is 4.90 Å². The number of sulfonamides is 1. The van der Waals surface area contributed by atoms with Gasteiger partial charge in [0, 0.05) is 38.0 Å². The van der Waals surface area contributed by atoms with Gasteiger partial charge in [0.25, 0.3) is 10.0 Å². The van der Waals surface area contributed by atoms with Gasteiger partial charge in [-0.05, 0) is 25.0 Å². The smallest absolute Gasteiger partial charge is 0.252 e. The molecule has 3 rings (SSSR count). The Morgan fingerprint density at radius 3 is 2.65 bits per heavy atom. The monoisotopic (exact) mass is 399 g/mol. The Balaban J connectivity index is 1.55. The summed E-state index contributed by atoms with van der Waals surface area (Å²) in [5, 5.41) is 2.85. The molecule has 1 aliphatic carbocycles. The fourth-order valence-electron chi connectivity index (χ4n) is 3.57. The molecule has 0 radical (unpaired) electrons. The van der Waals surface area contributed by atoms with E-state index in [-0.39, 0.29) is 34.9 Å². The van der Waals surface area contributed by atoms with Crippen LogP contribution in [0, 0.1) is 5.92 Å². The van der Waals surface area contributed by atoms with E-state index in [0.29, 0.717) is 12.6 Å². The molecule has 7 nitrogen and oxygen atoms in total. The van der Waals surface area contributed by atoms with E-state index in [2.05, 4.69) is 5.32 Å². The van der Waals surface area contributed by atoms with Crippen LogP contribution in [-0.4, -0.2) is 56.1 Å². The number of likely N-dealkylation sites (tertiary alicyclic amines) is 1. The zero-order valence-electron chi connectivity index (χ0n) is 15.1. The van der Waals surface area contributed by atoms with E-state index in [9.17, 15) is 18.0 Å². The molecule has 1 N–H and O–H groups in total. The molecule has 26 heavy (non-hydrogen) atoms. The van der Waals surface area contributed by atoms with Gasteiger partial charge in [0.15, 0.2) is 0 Å². The molecule has 0 unspecified atom stereocenters. The van der Waals surface area contributed by atoms with E-state index in [0.717, 1.165) is 41.9 Å². The van der Waals surface area contributed by atoms with Gasteiger partial charge >= 0.3 is 0 Å². The zero-order valence-corrected chi connectivity index (χ0v) is 16.7. The normalized spacial score (nSPS) is 21.7. The van der Waals surface area contributed by atoms with Crippen LogP contribution >= 0.6 is 11.3 Å². The molecule has 1 atom stereocenters. The molecule has 1 saturated carbocycles. The Labute approximate surface area is 158 Å². The quantitative estimate of drug-likeness (QED) is 0.783. The van der Waals surface area contributed by atoms with Gasteiger partial charge in [0.1, 0.15) is 4.21 Å². The second kappa shape index (κ2) is 7.66. The van der Waals surface area contributed by atoms with Crippen molar-refractivity contribution in [1.29, 1.82) is 0 Å². The summed E-state index contributed by atoms with van der Waals surface area (Å²) in [7, 11) is -0.467. The standard InChI is InChI=1S/C17H25N3O4S2/c1-19(2)26(23,24)16-8-7-14(25-16)10-18-17(22)12-9-15(21)20(11-12)13-5-3-4-6-13/h7-8,12-13H,3-6,9-11H2,1-2H3,(H,18,22)/t12-/m0/s1. The Kier molecular flexibility index (Phi) is 5.69. The number of amides is 2. The van der Waals surface area contributed by atoms with E-state index in [4.69, 9.17) is 0 Å². The van der Waals surface area contributed by atoms with Gasteiger partial charge in [0.05, 0.1) is 12.5 Å². The number of thiophene rings is 1. The molecule has 2 amide bonds. The molecule has 2 heterocycles. The predicted octanol–water partition coefficient (Wildman–Crippen LogP) is 1.41. The SMILES string of the molecule is CN(C)S(=O)(=O)c1ccc(CNC(=O)[C@H]2CC(=O)N(C3CCCC3)C2)s1. The molecule has 144 valence electrons. The summed E-state index contributed by atoms with van der Waals surface area (Å²) < 4.78 is 25.6. The second-order valence-electron chi connectivity index (χ2n) is 7.11. The average Bonchev–Trinajstić information content (AvgIpc) is 3.32. The van der Waals surface area contributed by atoms with Crippen LogP contribution in [0.2, 0.25) is 0 Å². The first-order valence-corrected chi connectivity index (χ1v) is 11.1. The molecule has 9 heteroatoms. The predicted molar refractivity (Wildman–Crippen MR) is 99.1 cm³/mol. The van der Waals surface area contributed by atoms with Crippen molar-refractivity contribution in [3.63, 3.8) is 0 Å². The van der Waals surface area contributed by atoms with Crippen molar-refractivity contribution >= 4 is 33.2 Å². The Bertz CT molecular complexity index is 782. The molecule has 0 aromatic carbocycles. The third kappa shape index (κ3) is 3.94. The lowest BCUT2D eigenvalue weighted by Crippen LogP contribution is -2.36. The molecule has 0 bridgehead atoms. The Morgan fingerprint density at radius 1 is 1.31 bits per heavy atom. The zero-order chi connectivity index (χ0) is 18.9. The maximum absolute atomic E-state index is 12.4. The number of carbonyl (C=O) groups excluding carboxylic acids is 2. The van der Waals surface area contributed by atoms with Crippen LogP contribution in [-0.2, 0) is 26.2 Å². The first-order chi connectivity index (χ1) is 12.3. The van der Waals surface area contributed by atoms with Gasteiger partial charge in [-0.15, -0.1) is 11.3 Å². The lowest BCUT2D eigenvalue weighted by molar-refractivity contribution is -0.130. The molecule has 2 aliphatic rings. The molecule has 1 aliphatic heterocycles. The van der Waals surface area contributed by atoms with Crippen molar-refractivity contribution in [3.05, 3.63) is 17.0 Å². The van der Waals surface area contributed by atoms with Crippen LogP contribution in [0.4, 0.5) is 0 Å². The van der Waals surface area contributed by atoms with Crippen LogP contribution in [0.1, 0.15) is 37.0 Å². The van der Waals surface area contributed by atoms with Crippen molar-refractivity contribution in [1.82, 2.24) is 14.5 Å². The molecule has 1 aromatic rings. The topological polar surface area (TPSA) is 86.8 Å². The minimum atomic E-state index is -3.45. The van der Waals surface area contributed by atoms with Crippen molar-refractivity contribution < 1.29 is 18.0 Å². The van der Waals surface area contributed by atoms with E-state index < -0.39 is 10.0 Å². The number of carbonyl (C=O) groups is 2. The van der Waals surface area contributed by atoms with Crippen molar-refractivity contribution in [2.75, 3.05) is 20.6 Å². The molecule has 1 saturated heterocycles. The largest absolute Gasteiger partial charge is 0.351 e.